The topological polar surface area (TPSA) is 9.72 Å². The van der Waals surface area contributed by atoms with Crippen molar-refractivity contribution in [3.8, 4) is 0 Å². The minimum Gasteiger partial charge on any atom is -0.313 e. The first-order valence-corrected chi connectivity index (χ1v) is 29.5. The van der Waals surface area contributed by atoms with Gasteiger partial charge in [-0.3, -0.25) is 0 Å². The molecule has 0 aliphatic carbocycles. The number of hydrogen-bond acceptors (Lipinski definition) is 3. The zero-order valence-electron chi connectivity index (χ0n) is 52.0. The van der Waals surface area contributed by atoms with E-state index in [2.05, 4.69) is 318 Å². The molecule has 392 valence electrons. The molecule has 0 bridgehead atoms. The lowest BCUT2D eigenvalue weighted by Crippen LogP contribution is -2.63. The summed E-state index contributed by atoms with van der Waals surface area (Å²) in [6.45, 7) is 23.6. The molecule has 0 unspecified atom stereocenters. The fourth-order valence-corrected chi connectivity index (χ4v) is 13.3. The van der Waals surface area contributed by atoms with Gasteiger partial charge in [0.15, 0.2) is 0 Å². The fraction of sp³-hybridized carbons (Fsp3) is 0.206. The van der Waals surface area contributed by atoms with Crippen LogP contribution in [0.15, 0.2) is 164 Å². The largest absolute Gasteiger partial charge is 0.313 e. The van der Waals surface area contributed by atoms with Crippen LogP contribution >= 0.6 is 0 Å². The Morgan fingerprint density at radius 1 is 0.333 bits per heavy atom. The third-order valence-electron chi connectivity index (χ3n) is 18.9. The molecule has 0 radical (unpaired) electrons. The predicted molar refractivity (Wildman–Crippen MR) is 383 cm³/mol. The molecule has 0 saturated carbocycles. The highest BCUT2D eigenvalue weighted by atomic mass is 15.2. The maximum Gasteiger partial charge on any atom is 0.252 e. The normalized spacial score (nSPS) is 13.2. The number of benzene rings is 9. The van der Waals surface area contributed by atoms with Gasteiger partial charge in [-0.1, -0.05) is 217 Å². The van der Waals surface area contributed by atoms with Crippen molar-refractivity contribution in [2.45, 2.75) is 90.9 Å². The molecule has 2 heterocycles. The first-order chi connectivity index (χ1) is 38.2. The number of rotatable bonds is 9. The zero-order chi connectivity index (χ0) is 58.0. The molecule has 9 aromatic rings. The molecule has 2 aliphatic rings. The van der Waals surface area contributed by atoms with Crippen molar-refractivity contribution in [2.24, 2.45) is 0 Å². The van der Waals surface area contributed by atoms with Crippen LogP contribution in [-0.4, -0.2) is 77.3 Å². The van der Waals surface area contributed by atoms with Crippen molar-refractivity contribution in [3.63, 3.8) is 0 Å². The first-order valence-electron chi connectivity index (χ1n) is 29.5. The third-order valence-corrected chi connectivity index (χ3v) is 18.9. The van der Waals surface area contributed by atoms with Crippen molar-refractivity contribution in [2.75, 3.05) is 14.7 Å². The smallest absolute Gasteiger partial charge is 0.252 e. The molecular weight excluding hydrogens is 967 g/mol. The van der Waals surface area contributed by atoms with E-state index in [9.17, 15) is 0 Å². The highest BCUT2D eigenvalue weighted by Crippen LogP contribution is 2.49. The molecule has 11 rings (SSSR count). The number of para-hydroxylation sites is 2. The van der Waals surface area contributed by atoms with E-state index in [1.165, 1.54) is 127 Å². The van der Waals surface area contributed by atoms with Gasteiger partial charge in [0.2, 0.25) is 0 Å². The van der Waals surface area contributed by atoms with Crippen molar-refractivity contribution in [1.82, 2.24) is 0 Å². The minimum absolute atomic E-state index is 0.00196. The number of hydrogen-bond donors (Lipinski definition) is 0. The van der Waals surface area contributed by atoms with Gasteiger partial charge in [0.05, 0.1) is 5.69 Å². The predicted octanol–water partition coefficient (Wildman–Crippen LogP) is 0.811. The molecule has 0 atom stereocenters. The molecule has 13 heteroatoms. The van der Waals surface area contributed by atoms with E-state index >= 15 is 0 Å². The molecular formula is C68H75B10N3. The van der Waals surface area contributed by atoms with Crippen molar-refractivity contribution < 1.29 is 0 Å². The van der Waals surface area contributed by atoms with Crippen LogP contribution in [0.4, 0.5) is 51.2 Å². The molecule has 9 aromatic carbocycles. The summed E-state index contributed by atoms with van der Waals surface area (Å²) in [5, 5.41) is 0. The second kappa shape index (κ2) is 20.2. The van der Waals surface area contributed by atoms with E-state index in [1.807, 2.05) is 0 Å². The van der Waals surface area contributed by atoms with Crippen LogP contribution in [0.25, 0.3) is 0 Å². The molecule has 0 spiro atoms. The van der Waals surface area contributed by atoms with E-state index < -0.39 is 0 Å². The monoisotopic (exact) mass is 1040 g/mol. The summed E-state index contributed by atoms with van der Waals surface area (Å²) in [7, 11) is 20.7. The number of nitrogens with zero attached hydrogens (tertiary/aromatic N) is 3. The summed E-state index contributed by atoms with van der Waals surface area (Å²) in [6.07, 6.45) is 0. The van der Waals surface area contributed by atoms with Crippen LogP contribution < -0.4 is 80.3 Å². The van der Waals surface area contributed by atoms with Gasteiger partial charge in [0.25, 0.3) is 6.71 Å². The highest BCUT2D eigenvalue weighted by Gasteiger charge is 2.46. The molecule has 0 saturated heterocycles. The summed E-state index contributed by atoms with van der Waals surface area (Å²) in [5.74, 6) is 0. The Morgan fingerprint density at radius 3 is 1.16 bits per heavy atom. The molecule has 0 fully saturated rings. The Morgan fingerprint density at radius 2 is 0.716 bits per heavy atom. The van der Waals surface area contributed by atoms with Gasteiger partial charge in [-0.2, -0.15) is 0 Å². The minimum atomic E-state index is -0.302. The lowest BCUT2D eigenvalue weighted by molar-refractivity contribution is 0.590. The summed E-state index contributed by atoms with van der Waals surface area (Å²) in [5.41, 5.74) is 33.7. The Bertz CT molecular complexity index is 3870. The summed E-state index contributed by atoms with van der Waals surface area (Å²) in [6, 6.07) is 63.6. The van der Waals surface area contributed by atoms with Gasteiger partial charge in [-0.05, 0) is 115 Å². The summed E-state index contributed by atoms with van der Waals surface area (Å²) >= 11 is 0. The van der Waals surface area contributed by atoms with Gasteiger partial charge < -0.3 is 14.7 Å². The SMILES string of the molecule is Bc1cc(C(C)(C)c2cc(B)c(N3c4cc(N(c5ccccc5)c5ccccc5)cc5c4B(c4cc(C(C)(C)C)ccc4N5c4ccc(C(C)(C)C)cc4)c4cc(C(C)(C)c5cc(B)c(B)c(B)c5)cc(B)c43)c(B)c2)cc(B)c1B. The zero-order valence-corrected chi connectivity index (χ0v) is 52.0. The van der Waals surface area contributed by atoms with Gasteiger partial charge in [0.1, 0.15) is 70.6 Å². The Labute approximate surface area is 493 Å². The van der Waals surface area contributed by atoms with Crippen LogP contribution in [0.1, 0.15) is 103 Å². The maximum absolute atomic E-state index is 2.70. The van der Waals surface area contributed by atoms with Crippen molar-refractivity contribution in [1.29, 1.82) is 0 Å². The highest BCUT2D eigenvalue weighted by molar-refractivity contribution is 7.00. The van der Waals surface area contributed by atoms with Crippen LogP contribution in [0, 0.1) is 0 Å². The van der Waals surface area contributed by atoms with E-state index in [0.717, 1.165) is 22.7 Å². The van der Waals surface area contributed by atoms with Gasteiger partial charge in [-0.15, -0.1) is 10.9 Å². The molecule has 81 heavy (non-hydrogen) atoms. The van der Waals surface area contributed by atoms with Crippen LogP contribution in [-0.2, 0) is 21.7 Å². The Hall–Kier alpha value is -6.97. The van der Waals surface area contributed by atoms with E-state index in [0.29, 0.717) is 0 Å². The average Bonchev–Trinajstić information content (AvgIpc) is 2.43. The molecule has 2 aliphatic heterocycles. The van der Waals surface area contributed by atoms with Crippen LogP contribution in [0.2, 0.25) is 0 Å². The van der Waals surface area contributed by atoms with Crippen molar-refractivity contribution in [3.05, 3.63) is 197 Å². The third kappa shape index (κ3) is 9.59. The second-order valence-electron chi connectivity index (χ2n) is 27.2. The number of anilines is 9. The molecule has 0 aromatic heterocycles. The van der Waals surface area contributed by atoms with E-state index in [1.54, 1.807) is 0 Å². The lowest BCUT2D eigenvalue weighted by atomic mass is 9.32. The van der Waals surface area contributed by atoms with Gasteiger partial charge in [-0.25, -0.2) is 0 Å². The lowest BCUT2D eigenvalue weighted by Gasteiger charge is -2.47. The Balaban J connectivity index is 1.28. The van der Waals surface area contributed by atoms with Crippen LogP contribution in [0.3, 0.4) is 0 Å². The molecule has 0 amide bonds. The van der Waals surface area contributed by atoms with Gasteiger partial charge >= 0.3 is 0 Å². The van der Waals surface area contributed by atoms with E-state index in [-0.39, 0.29) is 28.4 Å². The second-order valence-corrected chi connectivity index (χ2v) is 27.2. The maximum atomic E-state index is 2.70. The summed E-state index contributed by atoms with van der Waals surface area (Å²) < 4.78 is 0. The Kier molecular flexibility index (Phi) is 13.9. The quantitative estimate of drug-likeness (QED) is 0.199. The fourth-order valence-electron chi connectivity index (χ4n) is 13.3. The number of fused-ring (bicyclic) bond motifs is 4. The molecule has 3 nitrogen and oxygen atoms in total. The van der Waals surface area contributed by atoms with Gasteiger partial charge in [0, 0.05) is 56.3 Å². The average molecular weight is 1040 g/mol. The molecule has 0 N–H and O–H groups in total. The summed E-state index contributed by atoms with van der Waals surface area (Å²) in [4.78, 5) is 7.76. The van der Waals surface area contributed by atoms with E-state index in [4.69, 9.17) is 0 Å². The van der Waals surface area contributed by atoms with Crippen LogP contribution in [0.5, 0.6) is 0 Å². The first kappa shape index (κ1) is 55.9. The van der Waals surface area contributed by atoms with Crippen molar-refractivity contribution >= 4 is 194 Å². The standard InChI is InChI=1S/C68H75B10N3/c1-65(2,3)38-21-24-46(25-22-38)80-57-26-23-39(66(4,5)6)34-55(57)78-56-35-43(68(9,10)41-29-50(71)61(77)51(72)30-41)33-54(75)64(56)81(63-52(73)31-42(32-53(63)74)67(7,8)40-27-48(69)60(76)49(70)28-40)59-37-47(36-58(80)62(59)78)79(44-17-13-11-14-18-44)45-19-15-12-16-20-45/h11-37H,69-77H2,1-10H3.